The summed E-state index contributed by atoms with van der Waals surface area (Å²) in [5, 5.41) is 7.19. The largest absolute Gasteiger partial charge is 0.379 e. The van der Waals surface area contributed by atoms with Gasteiger partial charge in [0, 0.05) is 64.0 Å². The number of anilines is 1. The molecule has 2 saturated heterocycles. The van der Waals surface area contributed by atoms with Crippen molar-refractivity contribution in [2.24, 2.45) is 10.4 Å². The fraction of sp³-hybridized carbons (Fsp3) is 0.739. The first-order chi connectivity index (χ1) is 15.2. The summed E-state index contributed by atoms with van der Waals surface area (Å²) in [5.41, 5.74) is 0.298. The molecule has 4 rings (SSSR count). The molecule has 3 aliphatic rings. The Morgan fingerprint density at radius 1 is 1.26 bits per heavy atom. The maximum atomic E-state index is 14.1. The highest BCUT2D eigenvalue weighted by molar-refractivity contribution is 5.80. The van der Waals surface area contributed by atoms with E-state index in [-0.39, 0.29) is 11.9 Å². The van der Waals surface area contributed by atoms with Crippen molar-refractivity contribution in [1.82, 2.24) is 20.5 Å². The quantitative estimate of drug-likeness (QED) is 0.531. The topological polar surface area (TPSA) is 65.0 Å². The number of hydrogen-bond donors (Lipinski definition) is 2. The summed E-state index contributed by atoms with van der Waals surface area (Å²) in [4.78, 5) is 13.3. The summed E-state index contributed by atoms with van der Waals surface area (Å²) in [7, 11) is 1.83. The predicted molar refractivity (Wildman–Crippen MR) is 122 cm³/mol. The van der Waals surface area contributed by atoms with E-state index in [0.717, 1.165) is 64.9 Å². The van der Waals surface area contributed by atoms with Gasteiger partial charge in [0.25, 0.3) is 0 Å². The van der Waals surface area contributed by atoms with E-state index in [1.54, 1.807) is 12.3 Å². The van der Waals surface area contributed by atoms with Gasteiger partial charge in [-0.1, -0.05) is 19.3 Å². The first-order valence-corrected chi connectivity index (χ1v) is 11.8. The normalized spacial score (nSPS) is 24.9. The Kier molecular flexibility index (Phi) is 7.61. The van der Waals surface area contributed by atoms with Gasteiger partial charge in [-0.05, 0) is 31.4 Å². The van der Waals surface area contributed by atoms with Crippen LogP contribution in [0, 0.1) is 11.2 Å². The van der Waals surface area contributed by atoms with E-state index in [4.69, 9.17) is 4.74 Å². The number of halogens is 1. The standard InChI is InChI=1S/C23H37FN6O/c1-25-22(28-19-7-11-30(16-19)21-20(24)6-5-10-26-21)27-17-23(8-3-2-4-9-23)18-29-12-14-31-15-13-29/h5-6,10,19H,2-4,7-9,11-18H2,1H3,(H2,25,27,28). The van der Waals surface area contributed by atoms with E-state index in [1.165, 1.54) is 38.2 Å². The Balaban J connectivity index is 1.31. The SMILES string of the molecule is CN=C(NCC1(CN2CCOCC2)CCCCC1)NC1CCN(c2ncccc2F)C1. The molecular formula is C23H37FN6O. The lowest BCUT2D eigenvalue weighted by atomic mass is 9.73. The molecule has 8 heteroatoms. The smallest absolute Gasteiger partial charge is 0.191 e. The van der Waals surface area contributed by atoms with Gasteiger partial charge >= 0.3 is 0 Å². The van der Waals surface area contributed by atoms with Gasteiger partial charge < -0.3 is 20.3 Å². The highest BCUT2D eigenvalue weighted by Crippen LogP contribution is 2.36. The van der Waals surface area contributed by atoms with Crippen LogP contribution in [0.1, 0.15) is 38.5 Å². The van der Waals surface area contributed by atoms with Crippen molar-refractivity contribution in [3.8, 4) is 0 Å². The highest BCUT2D eigenvalue weighted by Gasteiger charge is 2.35. The third kappa shape index (κ3) is 5.86. The minimum Gasteiger partial charge on any atom is -0.379 e. The van der Waals surface area contributed by atoms with Gasteiger partial charge in [-0.15, -0.1) is 0 Å². The van der Waals surface area contributed by atoms with Gasteiger partial charge in [0.1, 0.15) is 0 Å². The van der Waals surface area contributed by atoms with Crippen molar-refractivity contribution >= 4 is 11.8 Å². The van der Waals surface area contributed by atoms with Gasteiger partial charge in [-0.25, -0.2) is 9.37 Å². The average molecular weight is 433 g/mol. The zero-order valence-corrected chi connectivity index (χ0v) is 18.8. The Labute approximate surface area is 185 Å². The Hall–Kier alpha value is -1.93. The van der Waals surface area contributed by atoms with Crippen LogP contribution in [-0.2, 0) is 4.74 Å². The van der Waals surface area contributed by atoms with Crippen LogP contribution < -0.4 is 15.5 Å². The number of guanidine groups is 1. The molecule has 2 aliphatic heterocycles. The van der Waals surface area contributed by atoms with E-state index in [1.807, 2.05) is 11.9 Å². The Morgan fingerprint density at radius 2 is 2.06 bits per heavy atom. The fourth-order valence-electron chi connectivity index (χ4n) is 5.27. The Morgan fingerprint density at radius 3 is 2.81 bits per heavy atom. The predicted octanol–water partition coefficient (Wildman–Crippen LogP) is 2.25. The summed E-state index contributed by atoms with van der Waals surface area (Å²) in [6, 6.07) is 3.34. The second kappa shape index (κ2) is 10.6. The summed E-state index contributed by atoms with van der Waals surface area (Å²) < 4.78 is 19.6. The van der Waals surface area contributed by atoms with Crippen molar-refractivity contribution < 1.29 is 9.13 Å². The third-order valence-electron chi connectivity index (χ3n) is 7.00. The second-order valence-corrected chi connectivity index (χ2v) is 9.26. The number of hydrogen-bond acceptors (Lipinski definition) is 5. The summed E-state index contributed by atoms with van der Waals surface area (Å²) >= 11 is 0. The zero-order chi connectivity index (χ0) is 21.5. The van der Waals surface area contributed by atoms with Crippen LogP contribution in [0.3, 0.4) is 0 Å². The summed E-state index contributed by atoms with van der Waals surface area (Å²) in [6.07, 6.45) is 9.10. The molecule has 0 radical (unpaired) electrons. The monoisotopic (exact) mass is 432 g/mol. The molecule has 0 aromatic carbocycles. The number of pyridine rings is 1. The lowest BCUT2D eigenvalue weighted by Gasteiger charge is -2.42. The van der Waals surface area contributed by atoms with Crippen molar-refractivity contribution in [2.45, 2.75) is 44.6 Å². The molecule has 1 aliphatic carbocycles. The molecule has 1 saturated carbocycles. The molecule has 0 bridgehead atoms. The van der Waals surface area contributed by atoms with Gasteiger partial charge in [0.15, 0.2) is 17.6 Å². The Bertz CT molecular complexity index is 733. The van der Waals surface area contributed by atoms with Crippen LogP contribution in [0.5, 0.6) is 0 Å². The summed E-state index contributed by atoms with van der Waals surface area (Å²) in [5.74, 6) is 1.04. The molecule has 3 fully saturated rings. The molecule has 0 amide bonds. The molecule has 1 atom stereocenters. The number of ether oxygens (including phenoxy) is 1. The number of aliphatic imine (C=N–C) groups is 1. The third-order valence-corrected chi connectivity index (χ3v) is 7.00. The number of morpholine rings is 1. The number of nitrogens with one attached hydrogen (secondary N) is 2. The molecule has 1 aromatic heterocycles. The minimum atomic E-state index is -0.256. The number of nitrogens with zero attached hydrogens (tertiary/aromatic N) is 4. The molecule has 2 N–H and O–H groups in total. The average Bonchev–Trinajstić information content (AvgIpc) is 3.26. The van der Waals surface area contributed by atoms with E-state index in [9.17, 15) is 4.39 Å². The van der Waals surface area contributed by atoms with Crippen molar-refractivity contribution in [3.63, 3.8) is 0 Å². The van der Waals surface area contributed by atoms with Crippen LogP contribution in [-0.4, -0.2) is 81.4 Å². The second-order valence-electron chi connectivity index (χ2n) is 9.26. The lowest BCUT2D eigenvalue weighted by Crippen LogP contribution is -2.52. The first kappa shape index (κ1) is 22.3. The molecule has 31 heavy (non-hydrogen) atoms. The fourth-order valence-corrected chi connectivity index (χ4v) is 5.27. The maximum absolute atomic E-state index is 14.1. The van der Waals surface area contributed by atoms with Crippen LogP contribution >= 0.6 is 0 Å². The van der Waals surface area contributed by atoms with Gasteiger partial charge in [-0.3, -0.25) is 9.89 Å². The van der Waals surface area contributed by atoms with Crippen LogP contribution in [0.25, 0.3) is 0 Å². The van der Waals surface area contributed by atoms with Gasteiger partial charge in [-0.2, -0.15) is 0 Å². The molecule has 7 nitrogen and oxygen atoms in total. The molecule has 3 heterocycles. The molecule has 1 unspecified atom stereocenters. The van der Waals surface area contributed by atoms with E-state index in [0.29, 0.717) is 11.2 Å². The van der Waals surface area contributed by atoms with E-state index >= 15 is 0 Å². The molecule has 172 valence electrons. The van der Waals surface area contributed by atoms with Gasteiger partial charge in [0.05, 0.1) is 13.2 Å². The minimum absolute atomic E-state index is 0.231. The van der Waals surface area contributed by atoms with Crippen molar-refractivity contribution in [2.75, 3.05) is 64.4 Å². The molecule has 0 spiro atoms. The maximum Gasteiger partial charge on any atom is 0.191 e. The first-order valence-electron chi connectivity index (χ1n) is 11.8. The van der Waals surface area contributed by atoms with Crippen molar-refractivity contribution in [1.29, 1.82) is 0 Å². The van der Waals surface area contributed by atoms with Crippen LogP contribution in [0.4, 0.5) is 10.2 Å². The van der Waals surface area contributed by atoms with E-state index < -0.39 is 0 Å². The van der Waals surface area contributed by atoms with Gasteiger partial charge in [0.2, 0.25) is 0 Å². The van der Waals surface area contributed by atoms with Crippen LogP contribution in [0.2, 0.25) is 0 Å². The zero-order valence-electron chi connectivity index (χ0n) is 18.8. The molecular weight excluding hydrogens is 395 g/mol. The lowest BCUT2D eigenvalue weighted by molar-refractivity contribution is 0.00819. The highest BCUT2D eigenvalue weighted by atomic mass is 19.1. The molecule has 1 aromatic rings. The van der Waals surface area contributed by atoms with Crippen LogP contribution in [0.15, 0.2) is 23.3 Å². The van der Waals surface area contributed by atoms with Crippen molar-refractivity contribution in [3.05, 3.63) is 24.1 Å². The summed E-state index contributed by atoms with van der Waals surface area (Å²) in [6.45, 7) is 7.37. The number of aromatic nitrogens is 1. The van der Waals surface area contributed by atoms with E-state index in [2.05, 4.69) is 25.5 Å². The number of rotatable bonds is 6.